The Hall–Kier alpha value is -1.65. The van der Waals surface area contributed by atoms with Gasteiger partial charge < -0.3 is 9.88 Å². The van der Waals surface area contributed by atoms with E-state index in [4.69, 9.17) is 4.98 Å². The number of nitrogens with one attached hydrogen (secondary N) is 1. The number of aryl methyl sites for hydroxylation is 1. The lowest BCUT2D eigenvalue weighted by Gasteiger charge is -2.06. The summed E-state index contributed by atoms with van der Waals surface area (Å²) in [5.74, 6) is 1.11. The maximum atomic E-state index is 4.71. The second-order valence-electron chi connectivity index (χ2n) is 4.44. The number of imidazole rings is 1. The topological polar surface area (TPSA) is 29.9 Å². The van der Waals surface area contributed by atoms with Crippen molar-refractivity contribution in [1.29, 1.82) is 0 Å². The zero-order chi connectivity index (χ0) is 13.1. The molecule has 0 saturated carbocycles. The minimum absolute atomic E-state index is 0.806. The highest BCUT2D eigenvalue weighted by Crippen LogP contribution is 2.16. The van der Waals surface area contributed by atoms with Gasteiger partial charge >= 0.3 is 0 Å². The highest BCUT2D eigenvalue weighted by Gasteiger charge is 2.08. The number of thiophene rings is 1. The largest absolute Gasteiger partial charge is 0.327 e. The van der Waals surface area contributed by atoms with Crippen molar-refractivity contribution in [1.82, 2.24) is 14.9 Å². The van der Waals surface area contributed by atoms with Gasteiger partial charge in [-0.25, -0.2) is 4.98 Å². The summed E-state index contributed by atoms with van der Waals surface area (Å²) in [6.07, 6.45) is 0. The van der Waals surface area contributed by atoms with E-state index in [1.54, 1.807) is 11.3 Å². The summed E-state index contributed by atoms with van der Waals surface area (Å²) in [7, 11) is 0. The zero-order valence-corrected chi connectivity index (χ0v) is 11.8. The molecule has 19 heavy (non-hydrogen) atoms. The number of fused-ring (bicyclic) bond motifs is 1. The zero-order valence-electron chi connectivity index (χ0n) is 11.0. The molecule has 0 aliphatic heterocycles. The van der Waals surface area contributed by atoms with Crippen LogP contribution in [0, 0.1) is 0 Å². The van der Waals surface area contributed by atoms with Crippen molar-refractivity contribution in [3.8, 4) is 0 Å². The number of rotatable bonds is 5. The van der Waals surface area contributed by atoms with Crippen LogP contribution in [0.15, 0.2) is 41.8 Å². The van der Waals surface area contributed by atoms with Crippen LogP contribution in [-0.2, 0) is 19.6 Å². The van der Waals surface area contributed by atoms with Crippen LogP contribution in [0.2, 0.25) is 0 Å². The molecular formula is C15H17N3S. The van der Waals surface area contributed by atoms with Crippen molar-refractivity contribution in [2.24, 2.45) is 0 Å². The molecule has 3 rings (SSSR count). The third-order valence-electron chi connectivity index (χ3n) is 3.21. The standard InChI is InChI=1S/C15H17N3S/c1-2-18-14-8-4-3-7-13(14)17-15(18)11-16-10-12-6-5-9-19-12/h3-9,16H,2,10-11H2,1H3. The summed E-state index contributed by atoms with van der Waals surface area (Å²) in [5.41, 5.74) is 2.30. The maximum absolute atomic E-state index is 4.71. The van der Waals surface area contributed by atoms with E-state index < -0.39 is 0 Å². The Kier molecular flexibility index (Phi) is 3.62. The van der Waals surface area contributed by atoms with Crippen molar-refractivity contribution >= 4 is 22.4 Å². The lowest BCUT2D eigenvalue weighted by molar-refractivity contribution is 0.624. The molecule has 0 fully saturated rings. The Morgan fingerprint density at radius 3 is 2.84 bits per heavy atom. The number of hydrogen-bond acceptors (Lipinski definition) is 3. The minimum Gasteiger partial charge on any atom is -0.327 e. The Labute approximate surface area is 116 Å². The maximum Gasteiger partial charge on any atom is 0.123 e. The SMILES string of the molecule is CCn1c(CNCc2cccs2)nc2ccccc21. The predicted octanol–water partition coefficient (Wildman–Crippen LogP) is 3.41. The molecule has 0 radical (unpaired) electrons. The molecule has 2 aromatic heterocycles. The van der Waals surface area contributed by atoms with Crippen molar-refractivity contribution in [3.05, 3.63) is 52.5 Å². The van der Waals surface area contributed by atoms with Crippen LogP contribution in [0.1, 0.15) is 17.6 Å². The van der Waals surface area contributed by atoms with E-state index in [9.17, 15) is 0 Å². The van der Waals surface area contributed by atoms with Crippen LogP contribution in [-0.4, -0.2) is 9.55 Å². The number of hydrogen-bond donors (Lipinski definition) is 1. The van der Waals surface area contributed by atoms with Crippen LogP contribution >= 0.6 is 11.3 Å². The molecule has 0 aliphatic carbocycles. The average molecular weight is 271 g/mol. The molecule has 1 N–H and O–H groups in total. The number of nitrogens with zero attached hydrogens (tertiary/aromatic N) is 2. The Morgan fingerprint density at radius 2 is 2.05 bits per heavy atom. The van der Waals surface area contributed by atoms with Crippen molar-refractivity contribution in [3.63, 3.8) is 0 Å². The second-order valence-corrected chi connectivity index (χ2v) is 5.48. The Balaban J connectivity index is 1.76. The lowest BCUT2D eigenvalue weighted by atomic mass is 10.3. The number of benzene rings is 1. The van der Waals surface area contributed by atoms with E-state index in [0.29, 0.717) is 0 Å². The van der Waals surface area contributed by atoms with Gasteiger partial charge in [-0.15, -0.1) is 11.3 Å². The van der Waals surface area contributed by atoms with Gasteiger partial charge in [0.1, 0.15) is 5.82 Å². The van der Waals surface area contributed by atoms with E-state index in [-0.39, 0.29) is 0 Å². The van der Waals surface area contributed by atoms with E-state index in [1.165, 1.54) is 10.4 Å². The van der Waals surface area contributed by atoms with Crippen LogP contribution in [0.25, 0.3) is 11.0 Å². The molecule has 3 aromatic rings. The molecule has 4 heteroatoms. The molecular weight excluding hydrogens is 254 g/mol. The van der Waals surface area contributed by atoms with Crippen LogP contribution < -0.4 is 5.32 Å². The van der Waals surface area contributed by atoms with Gasteiger partial charge in [0.2, 0.25) is 0 Å². The molecule has 3 nitrogen and oxygen atoms in total. The highest BCUT2D eigenvalue weighted by atomic mass is 32.1. The first-order valence-electron chi connectivity index (χ1n) is 6.55. The normalized spacial score (nSPS) is 11.2. The molecule has 0 aliphatic rings. The summed E-state index contributed by atoms with van der Waals surface area (Å²) >= 11 is 1.78. The first-order valence-corrected chi connectivity index (χ1v) is 7.43. The minimum atomic E-state index is 0.806. The summed E-state index contributed by atoms with van der Waals surface area (Å²) in [4.78, 5) is 6.07. The van der Waals surface area contributed by atoms with Gasteiger partial charge in [-0.1, -0.05) is 18.2 Å². The van der Waals surface area contributed by atoms with E-state index in [0.717, 1.165) is 31.0 Å². The number of aromatic nitrogens is 2. The first kappa shape index (κ1) is 12.4. The van der Waals surface area contributed by atoms with Gasteiger partial charge in [0.05, 0.1) is 17.6 Å². The smallest absolute Gasteiger partial charge is 0.123 e. The van der Waals surface area contributed by atoms with Crippen LogP contribution in [0.3, 0.4) is 0 Å². The molecule has 0 saturated heterocycles. The fourth-order valence-corrected chi connectivity index (χ4v) is 3.00. The van der Waals surface area contributed by atoms with E-state index in [2.05, 4.69) is 52.5 Å². The molecule has 0 atom stereocenters. The summed E-state index contributed by atoms with van der Waals surface area (Å²) in [5, 5.41) is 5.58. The fourth-order valence-electron chi connectivity index (χ4n) is 2.32. The fraction of sp³-hybridized carbons (Fsp3) is 0.267. The van der Waals surface area contributed by atoms with Crippen LogP contribution in [0.5, 0.6) is 0 Å². The van der Waals surface area contributed by atoms with Crippen molar-refractivity contribution in [2.45, 2.75) is 26.6 Å². The molecule has 0 amide bonds. The van der Waals surface area contributed by atoms with Crippen molar-refractivity contribution < 1.29 is 0 Å². The Bertz CT molecular complexity index is 655. The number of para-hydroxylation sites is 2. The van der Waals surface area contributed by atoms with Gasteiger partial charge in [0, 0.05) is 18.0 Å². The predicted molar refractivity (Wildman–Crippen MR) is 80.3 cm³/mol. The first-order chi connectivity index (χ1) is 9.38. The molecule has 2 heterocycles. The summed E-state index contributed by atoms with van der Waals surface area (Å²) in [6, 6.07) is 12.6. The lowest BCUT2D eigenvalue weighted by Crippen LogP contribution is -2.15. The average Bonchev–Trinajstić information content (AvgIpc) is 3.05. The van der Waals surface area contributed by atoms with Crippen LogP contribution in [0.4, 0.5) is 0 Å². The highest BCUT2D eigenvalue weighted by molar-refractivity contribution is 7.09. The summed E-state index contributed by atoms with van der Waals surface area (Å²) in [6.45, 7) is 4.83. The molecule has 0 bridgehead atoms. The van der Waals surface area contributed by atoms with Gasteiger partial charge in [-0.3, -0.25) is 0 Å². The van der Waals surface area contributed by atoms with Gasteiger partial charge in [0.25, 0.3) is 0 Å². The third kappa shape index (κ3) is 2.55. The Morgan fingerprint density at radius 1 is 1.16 bits per heavy atom. The summed E-state index contributed by atoms with van der Waals surface area (Å²) < 4.78 is 2.27. The van der Waals surface area contributed by atoms with Gasteiger partial charge in [0.15, 0.2) is 0 Å². The molecule has 0 spiro atoms. The monoisotopic (exact) mass is 271 g/mol. The van der Waals surface area contributed by atoms with Gasteiger partial charge in [-0.05, 0) is 30.5 Å². The third-order valence-corrected chi connectivity index (χ3v) is 4.09. The molecule has 98 valence electrons. The van der Waals surface area contributed by atoms with Gasteiger partial charge in [-0.2, -0.15) is 0 Å². The molecule has 1 aromatic carbocycles. The van der Waals surface area contributed by atoms with Crippen molar-refractivity contribution in [2.75, 3.05) is 0 Å². The molecule has 0 unspecified atom stereocenters. The van der Waals surface area contributed by atoms with E-state index in [1.807, 2.05) is 6.07 Å². The second kappa shape index (κ2) is 5.55. The quantitative estimate of drug-likeness (QED) is 0.770. The van der Waals surface area contributed by atoms with E-state index >= 15 is 0 Å².